The third kappa shape index (κ3) is 11.4. The molecule has 0 amide bonds. The van der Waals surface area contributed by atoms with Gasteiger partial charge in [0, 0.05) is 6.42 Å². The van der Waals surface area contributed by atoms with Crippen molar-refractivity contribution in [2.75, 3.05) is 0 Å². The molecule has 0 fully saturated rings. The number of hydrogen-bond acceptors (Lipinski definition) is 1. The van der Waals surface area contributed by atoms with Crippen LogP contribution in [0.25, 0.3) is 0 Å². The predicted octanol–water partition coefficient (Wildman–Crippen LogP) is 3.90. The number of hydrogen-bond donors (Lipinski definition) is 1. The van der Waals surface area contributed by atoms with Crippen molar-refractivity contribution in [1.29, 1.82) is 0 Å². The SMILES string of the molecule is CCCCCCC#CC(O)CCCCC. The maximum atomic E-state index is 9.50. The molecule has 0 spiro atoms. The van der Waals surface area contributed by atoms with Gasteiger partial charge in [0.15, 0.2) is 0 Å². The Morgan fingerprint density at radius 1 is 0.933 bits per heavy atom. The van der Waals surface area contributed by atoms with Crippen LogP contribution >= 0.6 is 0 Å². The largest absolute Gasteiger partial charge is 0.380 e. The molecule has 0 aromatic rings. The van der Waals surface area contributed by atoms with Gasteiger partial charge in [0.05, 0.1) is 0 Å². The van der Waals surface area contributed by atoms with Gasteiger partial charge in [-0.15, -0.1) is 5.92 Å². The van der Waals surface area contributed by atoms with E-state index in [1.807, 2.05) is 0 Å². The number of unbranched alkanes of at least 4 members (excludes halogenated alkanes) is 6. The second-order valence-electron chi connectivity index (χ2n) is 4.14. The summed E-state index contributed by atoms with van der Waals surface area (Å²) >= 11 is 0. The lowest BCUT2D eigenvalue weighted by atomic mass is 10.1. The van der Waals surface area contributed by atoms with Crippen molar-refractivity contribution in [3.63, 3.8) is 0 Å². The standard InChI is InChI=1S/C14H26O/c1-3-5-7-8-9-11-13-14(15)12-10-6-4-2/h14-15H,3-10,12H2,1-2H3. The number of rotatable bonds is 8. The van der Waals surface area contributed by atoms with Gasteiger partial charge in [-0.1, -0.05) is 51.9 Å². The summed E-state index contributed by atoms with van der Waals surface area (Å²) in [5.41, 5.74) is 0. The minimum Gasteiger partial charge on any atom is -0.380 e. The first-order chi connectivity index (χ1) is 7.31. The Kier molecular flexibility index (Phi) is 11.2. The normalized spacial score (nSPS) is 11.9. The zero-order valence-electron chi connectivity index (χ0n) is 10.4. The first kappa shape index (κ1) is 14.5. The molecule has 0 aliphatic heterocycles. The van der Waals surface area contributed by atoms with E-state index in [9.17, 15) is 5.11 Å². The van der Waals surface area contributed by atoms with Crippen LogP contribution in [-0.4, -0.2) is 11.2 Å². The fourth-order valence-electron chi connectivity index (χ4n) is 1.49. The molecule has 0 saturated carbocycles. The molecule has 1 nitrogen and oxygen atoms in total. The molecule has 0 saturated heterocycles. The molecule has 1 heteroatoms. The van der Waals surface area contributed by atoms with E-state index in [2.05, 4.69) is 25.7 Å². The molecule has 0 aromatic carbocycles. The molecular formula is C14H26O. The van der Waals surface area contributed by atoms with Gasteiger partial charge in [0.2, 0.25) is 0 Å². The summed E-state index contributed by atoms with van der Waals surface area (Å²) in [5, 5.41) is 9.50. The average Bonchev–Trinajstić information content (AvgIpc) is 2.23. The third-order valence-electron chi connectivity index (χ3n) is 2.51. The predicted molar refractivity (Wildman–Crippen MR) is 66.7 cm³/mol. The average molecular weight is 210 g/mol. The Bertz CT molecular complexity index is 176. The van der Waals surface area contributed by atoms with Gasteiger partial charge >= 0.3 is 0 Å². The van der Waals surface area contributed by atoms with Gasteiger partial charge in [-0.05, 0) is 19.3 Å². The van der Waals surface area contributed by atoms with Gasteiger partial charge in [-0.25, -0.2) is 0 Å². The Hall–Kier alpha value is -0.480. The summed E-state index contributed by atoms with van der Waals surface area (Å²) in [7, 11) is 0. The van der Waals surface area contributed by atoms with E-state index in [-0.39, 0.29) is 6.10 Å². The smallest absolute Gasteiger partial charge is 0.114 e. The van der Waals surface area contributed by atoms with Crippen LogP contribution in [0.4, 0.5) is 0 Å². The fourth-order valence-corrected chi connectivity index (χ4v) is 1.49. The molecule has 1 unspecified atom stereocenters. The van der Waals surface area contributed by atoms with E-state index in [0.29, 0.717) is 0 Å². The van der Waals surface area contributed by atoms with Crippen LogP contribution in [0.1, 0.15) is 71.6 Å². The maximum Gasteiger partial charge on any atom is 0.114 e. The van der Waals surface area contributed by atoms with Crippen molar-refractivity contribution in [3.05, 3.63) is 0 Å². The number of aliphatic hydroxyl groups is 1. The molecule has 0 radical (unpaired) electrons. The van der Waals surface area contributed by atoms with E-state index in [4.69, 9.17) is 0 Å². The van der Waals surface area contributed by atoms with Crippen molar-refractivity contribution < 1.29 is 5.11 Å². The zero-order valence-corrected chi connectivity index (χ0v) is 10.4. The lowest BCUT2D eigenvalue weighted by Crippen LogP contribution is -2.01. The zero-order chi connectivity index (χ0) is 11.4. The fraction of sp³-hybridized carbons (Fsp3) is 0.857. The van der Waals surface area contributed by atoms with E-state index < -0.39 is 0 Å². The molecule has 0 bridgehead atoms. The quantitative estimate of drug-likeness (QED) is 0.476. The molecule has 0 rings (SSSR count). The molecule has 1 atom stereocenters. The number of aliphatic hydroxyl groups excluding tert-OH is 1. The first-order valence-corrected chi connectivity index (χ1v) is 6.47. The third-order valence-corrected chi connectivity index (χ3v) is 2.51. The van der Waals surface area contributed by atoms with Crippen molar-refractivity contribution >= 4 is 0 Å². The van der Waals surface area contributed by atoms with Crippen LogP contribution in [-0.2, 0) is 0 Å². The molecule has 0 heterocycles. The van der Waals surface area contributed by atoms with Gasteiger partial charge in [-0.2, -0.15) is 0 Å². The van der Waals surface area contributed by atoms with Gasteiger partial charge < -0.3 is 5.11 Å². The van der Waals surface area contributed by atoms with Gasteiger partial charge in [0.1, 0.15) is 6.10 Å². The highest BCUT2D eigenvalue weighted by atomic mass is 16.3. The van der Waals surface area contributed by atoms with Gasteiger partial charge in [-0.3, -0.25) is 0 Å². The van der Waals surface area contributed by atoms with Crippen LogP contribution in [0.3, 0.4) is 0 Å². The maximum absolute atomic E-state index is 9.50. The molecule has 0 aliphatic rings. The summed E-state index contributed by atoms with van der Waals surface area (Å²) in [6.07, 6.45) is 9.95. The molecule has 1 N–H and O–H groups in total. The van der Waals surface area contributed by atoms with E-state index in [0.717, 1.165) is 19.3 Å². The van der Waals surface area contributed by atoms with E-state index in [1.165, 1.54) is 38.5 Å². The highest BCUT2D eigenvalue weighted by Crippen LogP contribution is 2.03. The van der Waals surface area contributed by atoms with Crippen molar-refractivity contribution in [1.82, 2.24) is 0 Å². The second-order valence-corrected chi connectivity index (χ2v) is 4.14. The van der Waals surface area contributed by atoms with Crippen LogP contribution in [0, 0.1) is 11.8 Å². The summed E-state index contributed by atoms with van der Waals surface area (Å²) in [6, 6.07) is 0. The van der Waals surface area contributed by atoms with Crippen LogP contribution in [0.5, 0.6) is 0 Å². The highest BCUT2D eigenvalue weighted by Gasteiger charge is 1.97. The molecule has 15 heavy (non-hydrogen) atoms. The minimum atomic E-state index is -0.386. The first-order valence-electron chi connectivity index (χ1n) is 6.47. The lowest BCUT2D eigenvalue weighted by Gasteiger charge is -2.01. The lowest BCUT2D eigenvalue weighted by molar-refractivity contribution is 0.217. The van der Waals surface area contributed by atoms with Gasteiger partial charge in [0.25, 0.3) is 0 Å². The Balaban J connectivity index is 3.32. The van der Waals surface area contributed by atoms with Crippen LogP contribution in [0.2, 0.25) is 0 Å². The van der Waals surface area contributed by atoms with Crippen molar-refractivity contribution in [2.24, 2.45) is 0 Å². The summed E-state index contributed by atoms with van der Waals surface area (Å²) in [4.78, 5) is 0. The van der Waals surface area contributed by atoms with Crippen LogP contribution < -0.4 is 0 Å². The Morgan fingerprint density at radius 2 is 1.60 bits per heavy atom. The molecular weight excluding hydrogens is 184 g/mol. The van der Waals surface area contributed by atoms with E-state index in [1.54, 1.807) is 0 Å². The summed E-state index contributed by atoms with van der Waals surface area (Å²) in [6.45, 7) is 4.38. The molecule has 0 aromatic heterocycles. The molecule has 88 valence electrons. The summed E-state index contributed by atoms with van der Waals surface area (Å²) in [5.74, 6) is 5.99. The minimum absolute atomic E-state index is 0.386. The topological polar surface area (TPSA) is 20.2 Å². The Morgan fingerprint density at radius 3 is 2.27 bits per heavy atom. The van der Waals surface area contributed by atoms with E-state index >= 15 is 0 Å². The van der Waals surface area contributed by atoms with Crippen LogP contribution in [0.15, 0.2) is 0 Å². The monoisotopic (exact) mass is 210 g/mol. The summed E-state index contributed by atoms with van der Waals surface area (Å²) < 4.78 is 0. The molecule has 0 aliphatic carbocycles. The van der Waals surface area contributed by atoms with Crippen molar-refractivity contribution in [3.8, 4) is 11.8 Å². The van der Waals surface area contributed by atoms with Crippen molar-refractivity contribution in [2.45, 2.75) is 77.7 Å². The second kappa shape index (κ2) is 11.6. The highest BCUT2D eigenvalue weighted by molar-refractivity contribution is 5.04. The Labute approximate surface area is 95.3 Å².